The normalized spacial score (nSPS) is 20.6. The molecule has 2 aliphatic rings. The Kier molecular flexibility index (Phi) is 5.37. The molecule has 4 rings (SSSR count). The van der Waals surface area contributed by atoms with Gasteiger partial charge in [0.2, 0.25) is 5.91 Å². The molecule has 1 unspecified atom stereocenters. The molecule has 0 aliphatic carbocycles. The predicted octanol–water partition coefficient (Wildman–Crippen LogP) is 3.64. The quantitative estimate of drug-likeness (QED) is 0.862. The second-order valence-corrected chi connectivity index (χ2v) is 8.08. The van der Waals surface area contributed by atoms with Gasteiger partial charge < -0.3 is 15.0 Å². The fourth-order valence-corrected chi connectivity index (χ4v) is 4.44. The molecule has 152 valence electrons. The summed E-state index contributed by atoms with van der Waals surface area (Å²) in [5.41, 5.74) is 1.84. The summed E-state index contributed by atoms with van der Waals surface area (Å²) in [5.74, 6) is -0.983. The van der Waals surface area contributed by atoms with Crippen molar-refractivity contribution in [3.05, 3.63) is 65.5 Å². The molecular weight excluding hydrogens is 371 g/mol. The van der Waals surface area contributed by atoms with Gasteiger partial charge in [-0.05, 0) is 50.1 Å². The highest BCUT2D eigenvalue weighted by atomic mass is 19.1. The molecule has 1 atom stereocenters. The number of likely N-dealkylation sites (tertiary alicyclic amines) is 1. The highest BCUT2D eigenvalue weighted by Gasteiger charge is 2.51. The Balaban J connectivity index is 1.56. The lowest BCUT2D eigenvalue weighted by Crippen LogP contribution is -2.42. The summed E-state index contributed by atoms with van der Waals surface area (Å²) >= 11 is 0. The fraction of sp³-hybridized carbons (Fsp3) is 0.391. The first kappa shape index (κ1) is 19.6. The van der Waals surface area contributed by atoms with E-state index in [0.29, 0.717) is 37.6 Å². The Labute approximate surface area is 169 Å². The summed E-state index contributed by atoms with van der Waals surface area (Å²) in [7, 11) is 0. The third-order valence-corrected chi connectivity index (χ3v) is 6.13. The summed E-state index contributed by atoms with van der Waals surface area (Å²) in [6.07, 6.45) is 1.46. The van der Waals surface area contributed by atoms with Gasteiger partial charge in [-0.2, -0.15) is 0 Å². The van der Waals surface area contributed by atoms with E-state index in [2.05, 4.69) is 5.32 Å². The number of amides is 2. The average Bonchev–Trinajstić information content (AvgIpc) is 3.07. The van der Waals surface area contributed by atoms with E-state index in [0.717, 1.165) is 18.4 Å². The highest BCUT2D eigenvalue weighted by Crippen LogP contribution is 2.45. The van der Waals surface area contributed by atoms with Crippen molar-refractivity contribution in [1.29, 1.82) is 0 Å². The largest absolute Gasteiger partial charge is 0.381 e. The van der Waals surface area contributed by atoms with E-state index in [1.54, 1.807) is 17.0 Å². The minimum absolute atomic E-state index is 0.0584. The van der Waals surface area contributed by atoms with Crippen LogP contribution in [-0.2, 0) is 9.53 Å². The molecule has 2 aliphatic heterocycles. The lowest BCUT2D eigenvalue weighted by molar-refractivity contribution is -0.124. The standard InChI is InChI=1S/C23H25FN2O3/c1-16-5-7-17(8-6-16)22(28)26-14-20(23(15-26)9-11-29-12-10-23)21(27)25-19-4-2-3-18(24)13-19/h2-8,13,20H,9-12,14-15H2,1H3,(H,25,27). The molecule has 0 saturated carbocycles. The van der Waals surface area contributed by atoms with E-state index in [1.165, 1.54) is 12.1 Å². The minimum atomic E-state index is -0.397. The Bertz CT molecular complexity index is 907. The Morgan fingerprint density at radius 1 is 1.14 bits per heavy atom. The molecule has 0 radical (unpaired) electrons. The van der Waals surface area contributed by atoms with Gasteiger partial charge in [0, 0.05) is 43.0 Å². The summed E-state index contributed by atoms with van der Waals surface area (Å²) < 4.78 is 19.0. The van der Waals surface area contributed by atoms with Crippen molar-refractivity contribution in [2.45, 2.75) is 19.8 Å². The summed E-state index contributed by atoms with van der Waals surface area (Å²) in [5, 5.41) is 2.85. The van der Waals surface area contributed by atoms with Crippen molar-refractivity contribution in [1.82, 2.24) is 4.90 Å². The smallest absolute Gasteiger partial charge is 0.253 e. The molecule has 2 fully saturated rings. The number of ether oxygens (including phenoxy) is 1. The number of benzene rings is 2. The Morgan fingerprint density at radius 3 is 2.55 bits per heavy atom. The van der Waals surface area contributed by atoms with Gasteiger partial charge in [0.15, 0.2) is 0 Å². The van der Waals surface area contributed by atoms with Crippen LogP contribution >= 0.6 is 0 Å². The van der Waals surface area contributed by atoms with Crippen molar-refractivity contribution in [3.63, 3.8) is 0 Å². The van der Waals surface area contributed by atoms with Gasteiger partial charge in [-0.15, -0.1) is 0 Å². The second-order valence-electron chi connectivity index (χ2n) is 8.08. The van der Waals surface area contributed by atoms with Gasteiger partial charge in [0.25, 0.3) is 5.91 Å². The first-order valence-electron chi connectivity index (χ1n) is 9.97. The predicted molar refractivity (Wildman–Crippen MR) is 108 cm³/mol. The van der Waals surface area contributed by atoms with Crippen LogP contribution in [0.15, 0.2) is 48.5 Å². The number of carbonyl (C=O) groups excluding carboxylic acids is 2. The number of hydrogen-bond acceptors (Lipinski definition) is 3. The number of nitrogens with one attached hydrogen (secondary N) is 1. The molecule has 2 aromatic carbocycles. The van der Waals surface area contributed by atoms with E-state index in [9.17, 15) is 14.0 Å². The average molecular weight is 396 g/mol. The van der Waals surface area contributed by atoms with Crippen LogP contribution in [0.3, 0.4) is 0 Å². The van der Waals surface area contributed by atoms with Crippen LogP contribution in [0.2, 0.25) is 0 Å². The van der Waals surface area contributed by atoms with Gasteiger partial charge >= 0.3 is 0 Å². The van der Waals surface area contributed by atoms with Gasteiger partial charge in [-0.25, -0.2) is 4.39 Å². The van der Waals surface area contributed by atoms with Gasteiger partial charge in [0.05, 0.1) is 5.92 Å². The Hall–Kier alpha value is -2.73. The fourth-order valence-electron chi connectivity index (χ4n) is 4.44. The summed E-state index contributed by atoms with van der Waals surface area (Å²) in [6.45, 7) is 4.03. The van der Waals surface area contributed by atoms with Gasteiger partial charge in [0.1, 0.15) is 5.82 Å². The van der Waals surface area contributed by atoms with Crippen molar-refractivity contribution in [3.8, 4) is 0 Å². The number of hydrogen-bond donors (Lipinski definition) is 1. The van der Waals surface area contributed by atoms with Crippen LogP contribution in [0.5, 0.6) is 0 Å². The van der Waals surface area contributed by atoms with E-state index in [-0.39, 0.29) is 23.1 Å². The van der Waals surface area contributed by atoms with Crippen LogP contribution in [0.1, 0.15) is 28.8 Å². The van der Waals surface area contributed by atoms with E-state index in [1.807, 2.05) is 31.2 Å². The lowest BCUT2D eigenvalue weighted by atomic mass is 9.71. The number of anilines is 1. The van der Waals surface area contributed by atoms with E-state index >= 15 is 0 Å². The zero-order chi connectivity index (χ0) is 20.4. The molecular formula is C23H25FN2O3. The van der Waals surface area contributed by atoms with Crippen LogP contribution in [-0.4, -0.2) is 43.0 Å². The van der Waals surface area contributed by atoms with Crippen molar-refractivity contribution in [2.75, 3.05) is 31.6 Å². The van der Waals surface area contributed by atoms with Crippen LogP contribution < -0.4 is 5.32 Å². The number of carbonyl (C=O) groups is 2. The second kappa shape index (κ2) is 7.95. The van der Waals surface area contributed by atoms with Crippen molar-refractivity contribution in [2.24, 2.45) is 11.3 Å². The maximum absolute atomic E-state index is 13.5. The topological polar surface area (TPSA) is 58.6 Å². The molecule has 6 heteroatoms. The lowest BCUT2D eigenvalue weighted by Gasteiger charge is -2.37. The minimum Gasteiger partial charge on any atom is -0.381 e. The van der Waals surface area contributed by atoms with Crippen LogP contribution in [0.4, 0.5) is 10.1 Å². The molecule has 0 aromatic heterocycles. The molecule has 2 heterocycles. The highest BCUT2D eigenvalue weighted by molar-refractivity contribution is 5.97. The Morgan fingerprint density at radius 2 is 1.86 bits per heavy atom. The maximum Gasteiger partial charge on any atom is 0.253 e. The number of halogens is 1. The first-order valence-corrected chi connectivity index (χ1v) is 9.97. The molecule has 1 N–H and O–H groups in total. The van der Waals surface area contributed by atoms with E-state index < -0.39 is 5.82 Å². The van der Waals surface area contributed by atoms with E-state index in [4.69, 9.17) is 4.74 Å². The third-order valence-electron chi connectivity index (χ3n) is 6.13. The zero-order valence-corrected chi connectivity index (χ0v) is 16.5. The van der Waals surface area contributed by atoms with Gasteiger partial charge in [-0.3, -0.25) is 9.59 Å². The molecule has 1 spiro atoms. The molecule has 29 heavy (non-hydrogen) atoms. The van der Waals surface area contributed by atoms with Crippen LogP contribution in [0.25, 0.3) is 0 Å². The number of aryl methyl sites for hydroxylation is 1. The molecule has 2 amide bonds. The number of rotatable bonds is 3. The SMILES string of the molecule is Cc1ccc(C(=O)N2CC(C(=O)Nc3cccc(F)c3)C3(CCOCC3)C2)cc1. The summed E-state index contributed by atoms with van der Waals surface area (Å²) in [6, 6.07) is 13.4. The summed E-state index contributed by atoms with van der Waals surface area (Å²) in [4.78, 5) is 28.0. The molecule has 5 nitrogen and oxygen atoms in total. The third kappa shape index (κ3) is 4.03. The van der Waals surface area contributed by atoms with Gasteiger partial charge in [-0.1, -0.05) is 23.8 Å². The van der Waals surface area contributed by atoms with Crippen LogP contribution in [0, 0.1) is 24.1 Å². The maximum atomic E-state index is 13.5. The zero-order valence-electron chi connectivity index (χ0n) is 16.5. The van der Waals surface area contributed by atoms with Crippen molar-refractivity contribution >= 4 is 17.5 Å². The molecule has 2 saturated heterocycles. The number of nitrogens with zero attached hydrogens (tertiary/aromatic N) is 1. The molecule has 0 bridgehead atoms. The first-order chi connectivity index (χ1) is 14.0. The van der Waals surface area contributed by atoms with Crippen molar-refractivity contribution < 1.29 is 18.7 Å². The monoisotopic (exact) mass is 396 g/mol. The molecule has 2 aromatic rings.